The van der Waals surface area contributed by atoms with E-state index in [4.69, 9.17) is 11.6 Å². The van der Waals surface area contributed by atoms with Gasteiger partial charge in [0.1, 0.15) is 5.82 Å². The third kappa shape index (κ3) is 2.16. The lowest BCUT2D eigenvalue weighted by Crippen LogP contribution is -1.87. The molecule has 0 saturated heterocycles. The lowest BCUT2D eigenvalue weighted by Gasteiger charge is -2.04. The van der Waals surface area contributed by atoms with Crippen LogP contribution in [-0.4, -0.2) is 4.98 Å². The molecule has 0 bridgehead atoms. The molecular formula is C12H9ClFN. The van der Waals surface area contributed by atoms with Crippen molar-refractivity contribution in [1.29, 1.82) is 0 Å². The fourth-order valence-corrected chi connectivity index (χ4v) is 1.57. The highest BCUT2D eigenvalue weighted by molar-refractivity contribution is 6.17. The number of nitrogens with zero attached hydrogens (tertiary/aromatic N) is 1. The van der Waals surface area contributed by atoms with E-state index in [2.05, 4.69) is 4.98 Å². The van der Waals surface area contributed by atoms with Crippen LogP contribution >= 0.6 is 11.6 Å². The van der Waals surface area contributed by atoms with E-state index in [1.54, 1.807) is 30.6 Å². The summed E-state index contributed by atoms with van der Waals surface area (Å²) in [5, 5.41) is 0. The molecule has 2 aromatic rings. The van der Waals surface area contributed by atoms with Crippen molar-refractivity contribution in [2.45, 2.75) is 5.88 Å². The topological polar surface area (TPSA) is 12.9 Å². The molecule has 0 spiro atoms. The average molecular weight is 222 g/mol. The van der Waals surface area contributed by atoms with Crippen molar-refractivity contribution >= 4 is 11.6 Å². The van der Waals surface area contributed by atoms with Gasteiger partial charge in [0.05, 0.1) is 0 Å². The zero-order valence-electron chi connectivity index (χ0n) is 7.95. The van der Waals surface area contributed by atoms with Gasteiger partial charge in [-0.15, -0.1) is 11.6 Å². The second-order valence-corrected chi connectivity index (χ2v) is 3.45. The molecule has 0 fully saturated rings. The smallest absolute Gasteiger partial charge is 0.131 e. The Labute approximate surface area is 92.5 Å². The highest BCUT2D eigenvalue weighted by atomic mass is 35.5. The van der Waals surface area contributed by atoms with Gasteiger partial charge in [-0.2, -0.15) is 0 Å². The van der Waals surface area contributed by atoms with Gasteiger partial charge < -0.3 is 0 Å². The number of hydrogen-bond donors (Lipinski definition) is 0. The van der Waals surface area contributed by atoms with Gasteiger partial charge in [0.2, 0.25) is 0 Å². The Balaban J connectivity index is 2.46. The number of rotatable bonds is 2. The van der Waals surface area contributed by atoms with Crippen LogP contribution in [0.4, 0.5) is 4.39 Å². The Morgan fingerprint density at radius 3 is 2.47 bits per heavy atom. The molecule has 0 radical (unpaired) electrons. The van der Waals surface area contributed by atoms with E-state index in [1.807, 2.05) is 6.07 Å². The van der Waals surface area contributed by atoms with Gasteiger partial charge in [0.15, 0.2) is 0 Å². The molecule has 0 atom stereocenters. The van der Waals surface area contributed by atoms with Crippen molar-refractivity contribution in [1.82, 2.24) is 4.98 Å². The van der Waals surface area contributed by atoms with Crippen LogP contribution in [0.1, 0.15) is 5.56 Å². The number of hydrogen-bond acceptors (Lipinski definition) is 1. The number of alkyl halides is 1. The van der Waals surface area contributed by atoms with Crippen molar-refractivity contribution < 1.29 is 4.39 Å². The van der Waals surface area contributed by atoms with Crippen LogP contribution in [0.2, 0.25) is 0 Å². The Hall–Kier alpha value is -1.41. The Kier molecular flexibility index (Phi) is 2.97. The van der Waals surface area contributed by atoms with Crippen LogP contribution in [-0.2, 0) is 5.88 Å². The number of aromatic nitrogens is 1. The summed E-state index contributed by atoms with van der Waals surface area (Å²) in [4.78, 5) is 3.89. The van der Waals surface area contributed by atoms with Gasteiger partial charge in [-0.05, 0) is 29.3 Å². The first kappa shape index (κ1) is 10.1. The fraction of sp³-hybridized carbons (Fsp3) is 0.0833. The second kappa shape index (κ2) is 4.41. The van der Waals surface area contributed by atoms with E-state index in [1.165, 1.54) is 6.07 Å². The summed E-state index contributed by atoms with van der Waals surface area (Å²) in [7, 11) is 0. The van der Waals surface area contributed by atoms with Crippen molar-refractivity contribution in [3.8, 4) is 11.1 Å². The summed E-state index contributed by atoms with van der Waals surface area (Å²) in [6.07, 6.45) is 3.29. The molecule has 0 aliphatic rings. The van der Waals surface area contributed by atoms with Crippen LogP contribution in [0.3, 0.4) is 0 Å². The predicted octanol–water partition coefficient (Wildman–Crippen LogP) is 3.63. The highest BCUT2D eigenvalue weighted by Gasteiger charge is 2.04. The molecule has 76 valence electrons. The van der Waals surface area contributed by atoms with E-state index in [-0.39, 0.29) is 5.82 Å². The van der Waals surface area contributed by atoms with Crippen molar-refractivity contribution in [2.24, 2.45) is 0 Å². The molecule has 0 saturated carbocycles. The molecule has 1 nitrogen and oxygen atoms in total. The van der Waals surface area contributed by atoms with Gasteiger partial charge in [-0.3, -0.25) is 4.98 Å². The molecule has 15 heavy (non-hydrogen) atoms. The third-order valence-electron chi connectivity index (χ3n) is 2.18. The standard InChI is InChI=1S/C12H9ClFN/c13-8-9-1-2-11(12(14)7-9)10-3-5-15-6-4-10/h1-7H,8H2. The van der Waals surface area contributed by atoms with Crippen LogP contribution in [0.15, 0.2) is 42.7 Å². The number of pyridine rings is 1. The zero-order valence-corrected chi connectivity index (χ0v) is 8.71. The van der Waals surface area contributed by atoms with Crippen LogP contribution in [0.5, 0.6) is 0 Å². The lowest BCUT2D eigenvalue weighted by atomic mass is 10.0. The minimum atomic E-state index is -0.251. The van der Waals surface area contributed by atoms with Crippen LogP contribution in [0, 0.1) is 5.82 Å². The molecule has 0 N–H and O–H groups in total. The first-order valence-corrected chi connectivity index (χ1v) is 5.09. The molecule has 1 aromatic heterocycles. The maximum atomic E-state index is 13.6. The van der Waals surface area contributed by atoms with Crippen molar-refractivity contribution in [3.05, 3.63) is 54.1 Å². The number of halogens is 2. The van der Waals surface area contributed by atoms with E-state index >= 15 is 0 Å². The van der Waals surface area contributed by atoms with E-state index < -0.39 is 0 Å². The summed E-state index contributed by atoms with van der Waals surface area (Å²) in [6, 6.07) is 8.58. The summed E-state index contributed by atoms with van der Waals surface area (Å²) < 4.78 is 13.6. The van der Waals surface area contributed by atoms with Crippen molar-refractivity contribution in [2.75, 3.05) is 0 Å². The number of benzene rings is 1. The molecule has 0 unspecified atom stereocenters. The molecular weight excluding hydrogens is 213 g/mol. The third-order valence-corrected chi connectivity index (χ3v) is 2.49. The van der Waals surface area contributed by atoms with E-state index in [9.17, 15) is 4.39 Å². The van der Waals surface area contributed by atoms with Gasteiger partial charge in [0.25, 0.3) is 0 Å². The maximum absolute atomic E-state index is 13.6. The Morgan fingerprint density at radius 2 is 1.87 bits per heavy atom. The first-order chi connectivity index (χ1) is 7.31. The molecule has 2 rings (SSSR count). The quantitative estimate of drug-likeness (QED) is 0.706. The normalized spacial score (nSPS) is 10.3. The highest BCUT2D eigenvalue weighted by Crippen LogP contribution is 2.23. The second-order valence-electron chi connectivity index (χ2n) is 3.18. The minimum Gasteiger partial charge on any atom is -0.265 e. The van der Waals surface area contributed by atoms with Crippen LogP contribution in [0.25, 0.3) is 11.1 Å². The molecule has 0 aliphatic heterocycles. The van der Waals surface area contributed by atoms with Gasteiger partial charge in [-0.25, -0.2) is 4.39 Å². The average Bonchev–Trinajstić information content (AvgIpc) is 2.30. The molecule has 1 heterocycles. The summed E-state index contributed by atoms with van der Waals surface area (Å²) in [6.45, 7) is 0. The summed E-state index contributed by atoms with van der Waals surface area (Å²) in [5.74, 6) is 0.0763. The largest absolute Gasteiger partial charge is 0.265 e. The summed E-state index contributed by atoms with van der Waals surface area (Å²) in [5.41, 5.74) is 2.18. The predicted molar refractivity (Wildman–Crippen MR) is 59.2 cm³/mol. The Bertz CT molecular complexity index is 456. The van der Waals surface area contributed by atoms with Gasteiger partial charge >= 0.3 is 0 Å². The molecule has 0 aliphatic carbocycles. The zero-order chi connectivity index (χ0) is 10.7. The Morgan fingerprint density at radius 1 is 1.13 bits per heavy atom. The summed E-state index contributed by atoms with van der Waals surface area (Å²) >= 11 is 5.62. The van der Waals surface area contributed by atoms with Gasteiger partial charge in [0, 0.05) is 23.8 Å². The molecule has 3 heteroatoms. The SMILES string of the molecule is Fc1cc(CCl)ccc1-c1ccncc1. The maximum Gasteiger partial charge on any atom is 0.131 e. The van der Waals surface area contributed by atoms with E-state index in [0.717, 1.165) is 11.1 Å². The molecule has 1 aromatic carbocycles. The van der Waals surface area contributed by atoms with Crippen LogP contribution < -0.4 is 0 Å². The fourth-order valence-electron chi connectivity index (χ4n) is 1.41. The monoisotopic (exact) mass is 221 g/mol. The first-order valence-electron chi connectivity index (χ1n) is 4.56. The molecule has 0 amide bonds. The van der Waals surface area contributed by atoms with Crippen molar-refractivity contribution in [3.63, 3.8) is 0 Å². The lowest BCUT2D eigenvalue weighted by molar-refractivity contribution is 0.630. The van der Waals surface area contributed by atoms with Gasteiger partial charge in [-0.1, -0.05) is 12.1 Å². The van der Waals surface area contributed by atoms with E-state index in [0.29, 0.717) is 11.4 Å². The minimum absolute atomic E-state index is 0.251.